The summed E-state index contributed by atoms with van der Waals surface area (Å²) in [4.78, 5) is 4.14. The van der Waals surface area contributed by atoms with Crippen LogP contribution >= 0.6 is 11.8 Å². The quantitative estimate of drug-likeness (QED) is 0.876. The summed E-state index contributed by atoms with van der Waals surface area (Å²) in [5.41, 5.74) is 6.34. The van der Waals surface area contributed by atoms with E-state index >= 15 is 0 Å². The van der Waals surface area contributed by atoms with Crippen molar-refractivity contribution in [3.05, 3.63) is 29.9 Å². The van der Waals surface area contributed by atoms with Crippen LogP contribution < -0.4 is 5.73 Å². The molecule has 0 saturated heterocycles. The molecule has 3 N–H and O–H groups in total. The number of benzene rings is 1. The van der Waals surface area contributed by atoms with Crippen LogP contribution in [0.15, 0.2) is 22.7 Å². The highest BCUT2D eigenvalue weighted by atomic mass is 32.2. The molecule has 5 nitrogen and oxygen atoms in total. The number of hydrogen-bond donors (Lipinski definition) is 2. The molecule has 0 saturated carbocycles. The summed E-state index contributed by atoms with van der Waals surface area (Å²) in [7, 11) is 0. The monoisotopic (exact) mass is 283 g/mol. The predicted octanol–water partition coefficient (Wildman–Crippen LogP) is 2.33. The number of nitrogens with two attached hydrogens (primary N) is 1. The predicted molar refractivity (Wildman–Crippen MR) is 71.3 cm³/mol. The van der Waals surface area contributed by atoms with E-state index in [2.05, 4.69) is 10.1 Å². The molecular weight excluding hydrogens is 269 g/mol. The van der Waals surface area contributed by atoms with Crippen molar-refractivity contribution in [3.63, 3.8) is 0 Å². The fourth-order valence-electron chi connectivity index (χ4n) is 1.52. The number of aromatic nitrogens is 2. The Labute approximate surface area is 114 Å². The Morgan fingerprint density at radius 1 is 1.53 bits per heavy atom. The number of rotatable bonds is 5. The lowest BCUT2D eigenvalue weighted by Gasteiger charge is -2.03. The van der Waals surface area contributed by atoms with Crippen LogP contribution in [0, 0.1) is 5.82 Å². The van der Waals surface area contributed by atoms with Gasteiger partial charge in [0.2, 0.25) is 11.7 Å². The molecule has 0 aliphatic heterocycles. The van der Waals surface area contributed by atoms with Gasteiger partial charge in [-0.1, -0.05) is 5.16 Å². The summed E-state index contributed by atoms with van der Waals surface area (Å²) in [6.07, 6.45) is 2.72. The number of phenolic OH excluding ortho intramolecular Hbond substituents is 1. The van der Waals surface area contributed by atoms with Crippen LogP contribution in [0.5, 0.6) is 5.75 Å². The fraction of sp³-hybridized carbons (Fsp3) is 0.333. The molecule has 0 fully saturated rings. The van der Waals surface area contributed by atoms with Crippen LogP contribution in [-0.2, 0) is 0 Å². The summed E-state index contributed by atoms with van der Waals surface area (Å²) in [6, 6.07) is 3.59. The van der Waals surface area contributed by atoms with Crippen LogP contribution in [0.2, 0.25) is 0 Å². The van der Waals surface area contributed by atoms with Crippen molar-refractivity contribution in [1.29, 1.82) is 0 Å². The maximum atomic E-state index is 13.2. The minimum atomic E-state index is -0.726. The second-order valence-electron chi connectivity index (χ2n) is 4.01. The smallest absolute Gasteiger partial charge is 0.243 e. The van der Waals surface area contributed by atoms with E-state index < -0.39 is 11.6 Å². The number of halogens is 1. The van der Waals surface area contributed by atoms with Crippen LogP contribution in [0.1, 0.15) is 18.4 Å². The molecule has 0 spiro atoms. The summed E-state index contributed by atoms with van der Waals surface area (Å²) in [5.74, 6) is 0.345. The average Bonchev–Trinajstić information content (AvgIpc) is 2.89. The minimum Gasteiger partial charge on any atom is -0.505 e. The van der Waals surface area contributed by atoms with Crippen LogP contribution in [0.4, 0.5) is 4.39 Å². The molecule has 19 heavy (non-hydrogen) atoms. The number of aromatic hydroxyl groups is 1. The van der Waals surface area contributed by atoms with Crippen molar-refractivity contribution < 1.29 is 14.0 Å². The molecule has 0 amide bonds. The molecule has 2 aromatic rings. The Balaban J connectivity index is 2.18. The molecule has 0 bridgehead atoms. The topological polar surface area (TPSA) is 85.2 Å². The van der Waals surface area contributed by atoms with Crippen molar-refractivity contribution in [3.8, 4) is 17.1 Å². The van der Waals surface area contributed by atoms with Gasteiger partial charge >= 0.3 is 0 Å². The standard InChI is InChI=1S/C12H14FN3O2S/c1-19-5-4-9(14)12-15-11(16-18-12)7-2-3-10(17)8(13)6-7/h2-3,6,9,17H,4-5,14H2,1H3/t9-/m1/s1. The maximum absolute atomic E-state index is 13.2. The number of phenols is 1. The first-order valence-electron chi connectivity index (χ1n) is 5.69. The molecule has 2 rings (SSSR count). The molecule has 0 unspecified atom stereocenters. The van der Waals surface area contributed by atoms with Crippen molar-refractivity contribution >= 4 is 11.8 Å². The molecule has 0 aliphatic carbocycles. The molecular formula is C12H14FN3O2S. The third-order valence-corrected chi connectivity index (χ3v) is 3.24. The van der Waals surface area contributed by atoms with Crippen molar-refractivity contribution in [2.75, 3.05) is 12.0 Å². The zero-order valence-corrected chi connectivity index (χ0v) is 11.2. The van der Waals surface area contributed by atoms with E-state index in [1.807, 2.05) is 6.26 Å². The highest BCUT2D eigenvalue weighted by Gasteiger charge is 2.16. The van der Waals surface area contributed by atoms with Gasteiger partial charge in [-0.2, -0.15) is 16.7 Å². The number of nitrogens with zero attached hydrogens (tertiary/aromatic N) is 2. The summed E-state index contributed by atoms with van der Waals surface area (Å²) in [6.45, 7) is 0. The van der Waals surface area contributed by atoms with E-state index in [0.29, 0.717) is 11.5 Å². The maximum Gasteiger partial charge on any atom is 0.243 e. The highest BCUT2D eigenvalue weighted by molar-refractivity contribution is 7.98. The average molecular weight is 283 g/mol. The summed E-state index contributed by atoms with van der Waals surface area (Å²) >= 11 is 1.68. The molecule has 0 aliphatic rings. The Morgan fingerprint density at radius 3 is 3.00 bits per heavy atom. The van der Waals surface area contributed by atoms with E-state index in [-0.39, 0.29) is 11.9 Å². The van der Waals surface area contributed by atoms with Gasteiger partial charge in [-0.15, -0.1) is 0 Å². The SMILES string of the molecule is CSCC[C@@H](N)c1nc(-c2ccc(O)c(F)c2)no1. The van der Waals surface area contributed by atoms with Gasteiger partial charge in [0.05, 0.1) is 6.04 Å². The minimum absolute atomic E-state index is 0.258. The lowest BCUT2D eigenvalue weighted by molar-refractivity contribution is 0.353. The first-order chi connectivity index (χ1) is 9.11. The van der Waals surface area contributed by atoms with Gasteiger partial charge in [-0.25, -0.2) is 4.39 Å². The van der Waals surface area contributed by atoms with Gasteiger partial charge in [0.25, 0.3) is 0 Å². The first kappa shape index (κ1) is 13.8. The molecule has 1 aromatic heterocycles. The van der Waals surface area contributed by atoms with Gasteiger partial charge in [-0.3, -0.25) is 0 Å². The van der Waals surface area contributed by atoms with Crippen LogP contribution in [-0.4, -0.2) is 27.3 Å². The van der Waals surface area contributed by atoms with Crippen molar-refractivity contribution in [2.24, 2.45) is 5.73 Å². The molecule has 102 valence electrons. The van der Waals surface area contributed by atoms with E-state index in [9.17, 15) is 4.39 Å². The second kappa shape index (κ2) is 6.03. The Morgan fingerprint density at radius 2 is 2.32 bits per heavy atom. The largest absolute Gasteiger partial charge is 0.505 e. The van der Waals surface area contributed by atoms with Crippen molar-refractivity contribution in [1.82, 2.24) is 10.1 Å². The molecule has 0 radical (unpaired) electrons. The van der Waals surface area contributed by atoms with E-state index in [1.165, 1.54) is 12.1 Å². The van der Waals surface area contributed by atoms with Crippen LogP contribution in [0.25, 0.3) is 11.4 Å². The van der Waals surface area contributed by atoms with Crippen molar-refractivity contribution in [2.45, 2.75) is 12.5 Å². The zero-order chi connectivity index (χ0) is 13.8. The first-order valence-corrected chi connectivity index (χ1v) is 7.08. The van der Waals surface area contributed by atoms with Gasteiger partial charge in [-0.05, 0) is 36.6 Å². The third kappa shape index (κ3) is 3.24. The van der Waals surface area contributed by atoms with E-state index in [0.717, 1.165) is 18.2 Å². The lowest BCUT2D eigenvalue weighted by atomic mass is 10.2. The van der Waals surface area contributed by atoms with Gasteiger partial charge in [0.15, 0.2) is 11.6 Å². The van der Waals surface area contributed by atoms with E-state index in [4.69, 9.17) is 15.4 Å². The summed E-state index contributed by atoms with van der Waals surface area (Å²) < 4.78 is 18.3. The Kier molecular flexibility index (Phi) is 4.39. The molecule has 7 heteroatoms. The lowest BCUT2D eigenvalue weighted by Crippen LogP contribution is -2.11. The Bertz CT molecular complexity index is 562. The third-order valence-electron chi connectivity index (χ3n) is 2.60. The number of hydrogen-bond acceptors (Lipinski definition) is 6. The second-order valence-corrected chi connectivity index (χ2v) is 5.00. The molecule has 1 heterocycles. The fourth-order valence-corrected chi connectivity index (χ4v) is 2.01. The summed E-state index contributed by atoms with van der Waals surface area (Å²) in [5, 5.41) is 12.9. The van der Waals surface area contributed by atoms with Gasteiger partial charge in [0, 0.05) is 5.56 Å². The van der Waals surface area contributed by atoms with E-state index in [1.54, 1.807) is 11.8 Å². The zero-order valence-electron chi connectivity index (χ0n) is 10.3. The van der Waals surface area contributed by atoms with Gasteiger partial charge < -0.3 is 15.4 Å². The highest BCUT2D eigenvalue weighted by Crippen LogP contribution is 2.24. The molecule has 1 aromatic carbocycles. The number of thioether (sulfide) groups is 1. The van der Waals surface area contributed by atoms with Crippen LogP contribution in [0.3, 0.4) is 0 Å². The molecule has 1 atom stereocenters. The normalized spacial score (nSPS) is 12.6. The van der Waals surface area contributed by atoms with Gasteiger partial charge in [0.1, 0.15) is 0 Å². The Hall–Kier alpha value is -1.60.